The van der Waals surface area contributed by atoms with E-state index in [4.69, 9.17) is 9.84 Å². The van der Waals surface area contributed by atoms with Gasteiger partial charge < -0.3 is 25.2 Å². The average molecular weight is 603 g/mol. The summed E-state index contributed by atoms with van der Waals surface area (Å²) < 4.78 is 21.1. The van der Waals surface area contributed by atoms with Crippen LogP contribution in [0.4, 0.5) is 14.9 Å². The number of methoxy groups -OCH3 is 1. The number of nitrogens with one attached hydrogen (secondary N) is 1. The molecule has 2 aliphatic heterocycles. The lowest BCUT2D eigenvalue weighted by atomic mass is 9.89. The van der Waals surface area contributed by atoms with Crippen LogP contribution in [0.15, 0.2) is 60.3 Å². The number of nitrogens with zero attached hydrogens (tertiary/aromatic N) is 3. The summed E-state index contributed by atoms with van der Waals surface area (Å²) in [6, 6.07) is 14.1. The Labute approximate surface area is 254 Å². The molecule has 0 aromatic heterocycles. The van der Waals surface area contributed by atoms with Crippen molar-refractivity contribution in [2.45, 2.75) is 26.6 Å². The summed E-state index contributed by atoms with van der Waals surface area (Å²) in [6.45, 7) is 4.82. The second kappa shape index (κ2) is 12.1. The number of hydrogen-bond donors (Lipinski definition) is 3. The number of benzene rings is 3. The highest BCUT2D eigenvalue weighted by Crippen LogP contribution is 2.38. The molecule has 2 aliphatic rings. The van der Waals surface area contributed by atoms with Crippen LogP contribution in [0, 0.1) is 25.6 Å². The second-order valence-electron chi connectivity index (χ2n) is 11.2. The Morgan fingerprint density at radius 1 is 1.02 bits per heavy atom. The molecular weight excluding hydrogens is 567 g/mol. The minimum absolute atomic E-state index is 0.0350. The first kappa shape index (κ1) is 30.7. The molecular formula is C33H35FN4O6. The van der Waals surface area contributed by atoms with Crippen molar-refractivity contribution in [2.24, 2.45) is 5.92 Å². The number of carboxylic acid groups (broad SMARTS) is 1. The Morgan fingerprint density at radius 3 is 2.32 bits per heavy atom. The van der Waals surface area contributed by atoms with Gasteiger partial charge in [0.25, 0.3) is 5.91 Å². The van der Waals surface area contributed by atoms with Crippen molar-refractivity contribution in [3.05, 3.63) is 82.8 Å². The molecule has 1 atom stereocenters. The lowest BCUT2D eigenvalue weighted by Crippen LogP contribution is -2.49. The first-order chi connectivity index (χ1) is 20.9. The fraction of sp³-hybridized carbons (Fsp3) is 0.303. The third kappa shape index (κ3) is 5.63. The summed E-state index contributed by atoms with van der Waals surface area (Å²) in [5.74, 6) is -1.85. The zero-order chi connectivity index (χ0) is 31.9. The third-order valence-corrected chi connectivity index (χ3v) is 8.42. The molecule has 0 saturated carbocycles. The molecule has 3 aromatic rings. The van der Waals surface area contributed by atoms with Crippen molar-refractivity contribution in [3.8, 4) is 28.0 Å². The van der Waals surface area contributed by atoms with E-state index in [0.717, 1.165) is 32.7 Å². The lowest BCUT2D eigenvalue weighted by molar-refractivity contribution is -0.147. The fourth-order valence-electron chi connectivity index (χ4n) is 5.75. The number of carboxylic acids is 1. The summed E-state index contributed by atoms with van der Waals surface area (Å²) in [5, 5.41) is 22.5. The fourth-order valence-corrected chi connectivity index (χ4v) is 5.75. The van der Waals surface area contributed by atoms with Crippen LogP contribution in [-0.4, -0.2) is 83.3 Å². The van der Waals surface area contributed by atoms with Crippen LogP contribution < -0.4 is 10.1 Å². The monoisotopic (exact) mass is 602 g/mol. The van der Waals surface area contributed by atoms with Crippen molar-refractivity contribution in [1.82, 2.24) is 14.7 Å². The van der Waals surface area contributed by atoms with E-state index < -0.39 is 35.9 Å². The smallest absolute Gasteiger partial charge is 0.325 e. The molecule has 0 spiro atoms. The third-order valence-electron chi connectivity index (χ3n) is 8.42. The largest absolute Gasteiger partial charge is 0.496 e. The molecule has 0 bridgehead atoms. The summed E-state index contributed by atoms with van der Waals surface area (Å²) in [7, 11) is 4.42. The van der Waals surface area contributed by atoms with Crippen LogP contribution >= 0.6 is 0 Å². The molecule has 1 saturated heterocycles. The standard InChI is InChI=1S/C33H35FN4O6/c1-18-22(20-12-27(34)25(29(13-20)44-5)17-38-14-21(15-38)32(41)42)8-6-9-23(18)24-10-7-11-28(19(24)2)35-30(39)26-16-36(3)33(43)37(4)31(26)40/h6-13,16,21,31,40H,14-15,17H2,1-5H3,(H,35,39)(H,41,42). The molecule has 1 unspecified atom stereocenters. The van der Waals surface area contributed by atoms with Gasteiger partial charge in [0.05, 0.1) is 18.6 Å². The van der Waals surface area contributed by atoms with Gasteiger partial charge in [-0.15, -0.1) is 0 Å². The molecule has 5 rings (SSSR count). The van der Waals surface area contributed by atoms with E-state index in [2.05, 4.69) is 5.32 Å². The molecule has 10 nitrogen and oxygen atoms in total. The van der Waals surface area contributed by atoms with Crippen molar-refractivity contribution in [2.75, 3.05) is 39.6 Å². The van der Waals surface area contributed by atoms with Gasteiger partial charge in [-0.2, -0.15) is 0 Å². The highest BCUT2D eigenvalue weighted by Gasteiger charge is 2.34. The number of urea groups is 1. The number of carbonyl (C=O) groups is 3. The number of likely N-dealkylation sites (tertiary alicyclic amines) is 1. The predicted molar refractivity (Wildman–Crippen MR) is 163 cm³/mol. The summed E-state index contributed by atoms with van der Waals surface area (Å²) in [6.07, 6.45) is -0.0538. The van der Waals surface area contributed by atoms with Gasteiger partial charge in [0.2, 0.25) is 0 Å². The van der Waals surface area contributed by atoms with Crippen molar-refractivity contribution in [3.63, 3.8) is 0 Å². The molecule has 0 aliphatic carbocycles. The van der Waals surface area contributed by atoms with Gasteiger partial charge >= 0.3 is 12.0 Å². The van der Waals surface area contributed by atoms with Crippen molar-refractivity contribution in [1.29, 1.82) is 0 Å². The van der Waals surface area contributed by atoms with Gasteiger partial charge in [-0.1, -0.05) is 30.3 Å². The zero-order valence-electron chi connectivity index (χ0n) is 25.2. The number of aliphatic hydroxyl groups excluding tert-OH is 1. The van der Waals surface area contributed by atoms with Crippen LogP contribution in [0.2, 0.25) is 0 Å². The van der Waals surface area contributed by atoms with E-state index in [1.807, 2.05) is 49.1 Å². The van der Waals surface area contributed by atoms with E-state index in [1.165, 1.54) is 38.4 Å². The Morgan fingerprint density at radius 2 is 1.66 bits per heavy atom. The Hall–Kier alpha value is -4.74. The van der Waals surface area contributed by atoms with Crippen LogP contribution in [0.3, 0.4) is 0 Å². The van der Waals surface area contributed by atoms with Gasteiger partial charge in [-0.3, -0.25) is 19.4 Å². The number of ether oxygens (including phenoxy) is 1. The van der Waals surface area contributed by atoms with Crippen LogP contribution in [-0.2, 0) is 16.1 Å². The molecule has 230 valence electrons. The SMILES string of the molecule is COc1cc(-c2cccc(-c3cccc(NC(=O)C4=CN(C)C(=O)N(C)C4O)c3C)c2C)cc(F)c1CN1CC(C(=O)O)C1. The molecule has 44 heavy (non-hydrogen) atoms. The maximum atomic E-state index is 15.5. The Bertz CT molecular complexity index is 1680. The molecule has 3 aromatic carbocycles. The van der Waals surface area contributed by atoms with Crippen LogP contribution in [0.25, 0.3) is 22.3 Å². The molecule has 11 heteroatoms. The number of carbonyl (C=O) groups excluding carboxylic acids is 2. The van der Waals surface area contributed by atoms with E-state index in [0.29, 0.717) is 35.7 Å². The number of likely N-dealkylation sites (N-methyl/N-ethyl adjacent to an activating group) is 1. The summed E-state index contributed by atoms with van der Waals surface area (Å²) >= 11 is 0. The number of aliphatic hydroxyl groups is 1. The minimum Gasteiger partial charge on any atom is -0.496 e. The van der Waals surface area contributed by atoms with Crippen molar-refractivity contribution < 1.29 is 33.7 Å². The first-order valence-corrected chi connectivity index (χ1v) is 14.1. The van der Waals surface area contributed by atoms with Gasteiger partial charge in [-0.05, 0) is 65.4 Å². The second-order valence-corrected chi connectivity index (χ2v) is 11.2. The maximum Gasteiger partial charge on any atom is 0.325 e. The van der Waals surface area contributed by atoms with Gasteiger partial charge in [0.15, 0.2) is 6.23 Å². The van der Waals surface area contributed by atoms with Gasteiger partial charge in [0, 0.05) is 51.2 Å². The number of anilines is 1. The molecule has 2 heterocycles. The molecule has 1 fully saturated rings. The lowest BCUT2D eigenvalue weighted by Gasteiger charge is -2.36. The Balaban J connectivity index is 1.43. The highest BCUT2D eigenvalue weighted by atomic mass is 19.1. The van der Waals surface area contributed by atoms with E-state index in [-0.39, 0.29) is 12.1 Å². The number of halogens is 1. The number of hydrogen-bond acceptors (Lipinski definition) is 6. The van der Waals surface area contributed by atoms with Crippen molar-refractivity contribution >= 4 is 23.6 Å². The highest BCUT2D eigenvalue weighted by molar-refractivity contribution is 6.06. The van der Waals surface area contributed by atoms with Gasteiger partial charge in [-0.25, -0.2) is 9.18 Å². The average Bonchev–Trinajstić information content (AvgIpc) is 2.97. The topological polar surface area (TPSA) is 123 Å². The zero-order valence-corrected chi connectivity index (χ0v) is 25.2. The summed E-state index contributed by atoms with van der Waals surface area (Å²) in [5.41, 5.74) is 5.84. The Kier molecular flexibility index (Phi) is 8.44. The molecule has 0 radical (unpaired) electrons. The quantitative estimate of drug-likeness (QED) is 0.349. The van der Waals surface area contributed by atoms with Crippen LogP contribution in [0.1, 0.15) is 16.7 Å². The molecule has 3 amide bonds. The van der Waals surface area contributed by atoms with Crippen LogP contribution in [0.5, 0.6) is 5.75 Å². The normalized spacial score (nSPS) is 17.3. The summed E-state index contributed by atoms with van der Waals surface area (Å²) in [4.78, 5) is 40.6. The van der Waals surface area contributed by atoms with E-state index in [1.54, 1.807) is 12.1 Å². The first-order valence-electron chi connectivity index (χ1n) is 14.1. The van der Waals surface area contributed by atoms with E-state index in [9.17, 15) is 19.5 Å². The van der Waals surface area contributed by atoms with E-state index >= 15 is 4.39 Å². The number of aliphatic carboxylic acids is 1. The number of amides is 3. The molecule has 3 N–H and O–H groups in total. The maximum absolute atomic E-state index is 15.5. The minimum atomic E-state index is -1.38. The predicted octanol–water partition coefficient (Wildman–Crippen LogP) is 4.44. The number of rotatable bonds is 8. The van der Waals surface area contributed by atoms with Gasteiger partial charge in [0.1, 0.15) is 11.6 Å².